The number of rotatable bonds is 3. The number of fused-ring (bicyclic) bond motifs is 9. The SMILES string of the molecule is CC.CC.CC.CC.CC.CC.CC.CC.CC.Cc1cccc2c3ccccc3n(-c3n(C)cc[n+]3C)c12.Cc1cccc2c3ccccc3n(C3=CCCC=[N+]3C)c12.Cc1ccccc1-n1c2ccccc2c2ccc[n+](C)c21. The molecule has 81 heavy (non-hydrogen) atoms. The first-order chi connectivity index (χ1) is 39.7. The molecule has 0 spiro atoms. The van der Waals surface area contributed by atoms with E-state index in [0.29, 0.717) is 0 Å². The van der Waals surface area contributed by atoms with Crippen LogP contribution in [0.5, 0.6) is 0 Å². The van der Waals surface area contributed by atoms with Crippen molar-refractivity contribution in [3.8, 4) is 11.6 Å². The van der Waals surface area contributed by atoms with Crippen molar-refractivity contribution < 1.29 is 13.7 Å². The maximum atomic E-state index is 2.41. The van der Waals surface area contributed by atoms with Crippen LogP contribution in [0.15, 0.2) is 170 Å². The molecule has 0 unspecified atom stereocenters. The van der Waals surface area contributed by atoms with Gasteiger partial charge in [-0.25, -0.2) is 18.3 Å². The van der Waals surface area contributed by atoms with Crippen LogP contribution in [0.4, 0.5) is 0 Å². The Morgan fingerprint density at radius 3 is 1.22 bits per heavy atom. The molecule has 0 fully saturated rings. The van der Waals surface area contributed by atoms with Gasteiger partial charge in [0.15, 0.2) is 0 Å². The lowest BCUT2D eigenvalue weighted by Gasteiger charge is -2.11. The van der Waals surface area contributed by atoms with Crippen molar-refractivity contribution >= 4 is 77.6 Å². The zero-order valence-electron chi connectivity index (χ0n) is 55.3. The Labute approximate surface area is 492 Å². The highest BCUT2D eigenvalue weighted by molar-refractivity contribution is 6.11. The number of pyridine rings is 1. The Kier molecular flexibility index (Phi) is 33.7. The zero-order valence-corrected chi connectivity index (χ0v) is 55.3. The number of para-hydroxylation sites is 6. The summed E-state index contributed by atoms with van der Waals surface area (Å²) in [6.45, 7) is 42.5. The molecular weight excluding hydrogens is 987 g/mol. The highest BCUT2D eigenvalue weighted by Gasteiger charge is 2.26. The Balaban J connectivity index is 0.000000532. The van der Waals surface area contributed by atoms with E-state index in [-0.39, 0.29) is 0 Å². The summed E-state index contributed by atoms with van der Waals surface area (Å²) in [5.74, 6) is 2.43. The Bertz CT molecular complexity index is 3590. The monoisotopic (exact) mass is 1090 g/mol. The summed E-state index contributed by atoms with van der Waals surface area (Å²) in [6, 6.07) is 51.9. The summed E-state index contributed by atoms with van der Waals surface area (Å²) in [5, 5.41) is 7.87. The molecule has 1 aliphatic rings. The number of imidazole rings is 1. The molecule has 0 amide bonds. The highest BCUT2D eigenvalue weighted by atomic mass is 15.3. The summed E-state index contributed by atoms with van der Waals surface area (Å²) in [6.07, 6.45) is 13.1. The van der Waals surface area contributed by atoms with Gasteiger partial charge in [-0.1, -0.05) is 216 Å². The van der Waals surface area contributed by atoms with Crippen molar-refractivity contribution in [1.82, 2.24) is 18.3 Å². The molecule has 0 atom stereocenters. The van der Waals surface area contributed by atoms with Crippen LogP contribution >= 0.6 is 0 Å². The number of allylic oxidation sites excluding steroid dienone is 1. The molecule has 7 nitrogen and oxygen atoms in total. The molecule has 6 aromatic carbocycles. The van der Waals surface area contributed by atoms with Crippen molar-refractivity contribution in [2.45, 2.75) is 158 Å². The van der Waals surface area contributed by atoms with Gasteiger partial charge in [0.1, 0.15) is 33.3 Å². The fourth-order valence-electron chi connectivity index (χ4n) is 9.85. The number of aromatic nitrogens is 6. The van der Waals surface area contributed by atoms with Crippen molar-refractivity contribution in [3.05, 3.63) is 187 Å². The smallest absolute Gasteiger partial charge is 0.241 e. The minimum Gasteiger partial charge on any atom is -0.241 e. The summed E-state index contributed by atoms with van der Waals surface area (Å²) in [5.41, 5.74) is 12.8. The van der Waals surface area contributed by atoms with Gasteiger partial charge in [0.25, 0.3) is 11.5 Å². The first kappa shape index (κ1) is 71.5. The van der Waals surface area contributed by atoms with Crippen molar-refractivity contribution in [2.75, 3.05) is 7.05 Å². The summed E-state index contributed by atoms with van der Waals surface area (Å²) in [4.78, 5) is 0. The largest absolute Gasteiger partial charge is 0.369 e. The average molecular weight is 1100 g/mol. The van der Waals surface area contributed by atoms with Crippen molar-refractivity contribution in [1.29, 1.82) is 0 Å². The van der Waals surface area contributed by atoms with Gasteiger partial charge in [0, 0.05) is 39.4 Å². The van der Waals surface area contributed by atoms with E-state index in [2.05, 4.69) is 257 Å². The van der Waals surface area contributed by atoms with Gasteiger partial charge in [-0.05, 0) is 98.5 Å². The number of hydrogen-bond acceptors (Lipinski definition) is 0. The van der Waals surface area contributed by atoms with Gasteiger partial charge in [0.2, 0.25) is 0 Å². The van der Waals surface area contributed by atoms with Crippen LogP contribution in [0.1, 0.15) is 154 Å². The van der Waals surface area contributed by atoms with E-state index in [1.54, 1.807) is 0 Å². The molecule has 5 aromatic heterocycles. The van der Waals surface area contributed by atoms with E-state index in [4.69, 9.17) is 0 Å². The molecule has 12 rings (SSSR count). The van der Waals surface area contributed by atoms with Crippen molar-refractivity contribution in [3.63, 3.8) is 0 Å². The molecule has 436 valence electrons. The Morgan fingerprint density at radius 1 is 0.358 bits per heavy atom. The van der Waals surface area contributed by atoms with Crippen LogP contribution in [-0.4, -0.2) is 36.1 Å². The van der Waals surface area contributed by atoms with Crippen LogP contribution < -0.4 is 9.13 Å². The zero-order chi connectivity index (χ0) is 61.4. The second kappa shape index (κ2) is 38.2. The molecule has 7 heteroatoms. The molecule has 11 aromatic rings. The molecule has 0 aliphatic carbocycles. The molecule has 0 bridgehead atoms. The van der Waals surface area contributed by atoms with Crippen LogP contribution in [0.25, 0.3) is 83.0 Å². The van der Waals surface area contributed by atoms with E-state index in [1.165, 1.54) is 93.7 Å². The van der Waals surface area contributed by atoms with Crippen molar-refractivity contribution in [2.24, 2.45) is 21.1 Å². The minimum absolute atomic E-state index is 1.11. The third-order valence-corrected chi connectivity index (χ3v) is 12.8. The standard InChI is InChI=1S/C19H17N2.C19H19N2.C18H18N3.9C2H6/c1-14-8-3-5-11-17(14)21-18-12-6-4-9-15(18)16-10-7-13-20(2)19(16)21;1-14-8-7-10-16-15-9-3-4-11-17(15)21(19(14)16)18-12-5-6-13-20(18)2;1-13-7-6-9-15-14-8-4-5-10-16(14)21(17(13)15)18-19(2)11-12-20(18)3;9*1-2/h3-13H,1-2H3;3-4,7-13H,5-6H2,1-2H3;4-12H,1-3H3;9*1-2H3/q3*+1;;;;;;;;;. The Morgan fingerprint density at radius 2 is 0.753 bits per heavy atom. The second-order valence-electron chi connectivity index (χ2n) is 16.9. The number of nitrogens with zero attached hydrogens (tertiary/aromatic N) is 7. The molecule has 0 saturated heterocycles. The van der Waals surface area contributed by atoms with Gasteiger partial charge in [0.05, 0.1) is 58.4 Å². The second-order valence-corrected chi connectivity index (χ2v) is 16.9. The normalized spacial score (nSPS) is 10.6. The molecular formula is C74H108N7+3. The quantitative estimate of drug-likeness (QED) is 0.158. The number of benzene rings is 6. The maximum Gasteiger partial charge on any atom is 0.369 e. The molecule has 6 heterocycles. The van der Waals surface area contributed by atoms with Gasteiger partial charge in [-0.3, -0.25) is 0 Å². The van der Waals surface area contributed by atoms with Crippen LogP contribution in [0, 0.1) is 20.8 Å². The minimum atomic E-state index is 1.11. The van der Waals surface area contributed by atoms with E-state index < -0.39 is 0 Å². The van der Waals surface area contributed by atoms with Gasteiger partial charge < -0.3 is 0 Å². The summed E-state index contributed by atoms with van der Waals surface area (Å²) >= 11 is 0. The fraction of sp³-hybridized carbons (Fsp3) is 0.365. The fourth-order valence-corrected chi connectivity index (χ4v) is 9.85. The van der Waals surface area contributed by atoms with E-state index in [1.807, 2.05) is 125 Å². The average Bonchev–Trinajstić information content (AvgIpc) is 4.30. The third-order valence-electron chi connectivity index (χ3n) is 12.8. The predicted octanol–water partition coefficient (Wildman–Crippen LogP) is 20.8. The lowest BCUT2D eigenvalue weighted by molar-refractivity contribution is -0.664. The van der Waals surface area contributed by atoms with Gasteiger partial charge in [-0.2, -0.15) is 13.7 Å². The number of hydrogen-bond donors (Lipinski definition) is 0. The van der Waals surface area contributed by atoms with Crippen LogP contribution in [-0.2, 0) is 21.1 Å². The van der Waals surface area contributed by atoms with Gasteiger partial charge >= 0.3 is 5.95 Å². The number of aryl methyl sites for hydroxylation is 6. The third kappa shape index (κ3) is 15.9. The topological polar surface area (TPSA) is 30.5 Å². The maximum absolute atomic E-state index is 2.41. The highest BCUT2D eigenvalue weighted by Crippen LogP contribution is 2.36. The van der Waals surface area contributed by atoms with E-state index in [9.17, 15) is 0 Å². The predicted molar refractivity (Wildman–Crippen MR) is 364 cm³/mol. The van der Waals surface area contributed by atoms with Crippen LogP contribution in [0.3, 0.4) is 0 Å². The first-order valence-corrected chi connectivity index (χ1v) is 30.9. The lowest BCUT2D eigenvalue weighted by Crippen LogP contribution is -2.32. The molecule has 0 radical (unpaired) electrons. The van der Waals surface area contributed by atoms with E-state index >= 15 is 0 Å². The molecule has 0 saturated carbocycles. The van der Waals surface area contributed by atoms with Gasteiger partial charge in [-0.15, -0.1) is 0 Å². The summed E-state index contributed by atoms with van der Waals surface area (Å²) in [7, 11) is 8.43. The molecule has 1 aliphatic heterocycles. The van der Waals surface area contributed by atoms with E-state index in [0.717, 1.165) is 18.8 Å². The summed E-state index contributed by atoms with van der Waals surface area (Å²) < 4.78 is 15.9. The van der Waals surface area contributed by atoms with Crippen LogP contribution in [0.2, 0.25) is 0 Å². The Hall–Kier alpha value is -7.51. The first-order valence-electron chi connectivity index (χ1n) is 30.9. The lowest BCUT2D eigenvalue weighted by atomic mass is 10.1. The molecule has 0 N–H and O–H groups in total.